The number of aromatic nitrogens is 1. The van der Waals surface area contributed by atoms with E-state index in [0.29, 0.717) is 28.9 Å². The van der Waals surface area contributed by atoms with E-state index in [0.717, 1.165) is 44.5 Å². The molecule has 1 aliphatic rings. The Hall–Kier alpha value is -3.42. The number of anilines is 1. The first kappa shape index (κ1) is 25.2. The van der Waals surface area contributed by atoms with E-state index >= 15 is 0 Å². The maximum Gasteiger partial charge on any atom is 0.268 e. The molecular formula is C30H33N3O3S. The van der Waals surface area contributed by atoms with Crippen LogP contribution < -0.4 is 5.73 Å². The van der Waals surface area contributed by atoms with Crippen LogP contribution >= 0.6 is 0 Å². The second kappa shape index (κ2) is 10.5. The average Bonchev–Trinajstić information content (AvgIpc) is 3.28. The van der Waals surface area contributed by atoms with E-state index < -0.39 is 10.0 Å². The molecule has 0 atom stereocenters. The van der Waals surface area contributed by atoms with Crippen molar-refractivity contribution in [3.63, 3.8) is 0 Å². The summed E-state index contributed by atoms with van der Waals surface area (Å²) in [6.45, 7) is 4.81. The van der Waals surface area contributed by atoms with Gasteiger partial charge in [0.25, 0.3) is 10.0 Å². The zero-order valence-electron chi connectivity index (χ0n) is 21.1. The second-order valence-electron chi connectivity index (χ2n) is 10.0. The van der Waals surface area contributed by atoms with Crippen molar-refractivity contribution in [1.82, 2.24) is 8.87 Å². The molecule has 0 unspecified atom stereocenters. The third-order valence-corrected chi connectivity index (χ3v) is 9.19. The lowest BCUT2D eigenvalue weighted by molar-refractivity contribution is 0.0956. The molecular weight excluding hydrogens is 482 g/mol. The first-order valence-electron chi connectivity index (χ1n) is 12.8. The van der Waals surface area contributed by atoms with Gasteiger partial charge in [-0.2, -0.15) is 0 Å². The molecule has 0 amide bonds. The number of piperidine rings is 1. The average molecular weight is 516 g/mol. The Bertz CT molecular complexity index is 1500. The summed E-state index contributed by atoms with van der Waals surface area (Å²) in [5.41, 5.74) is 9.45. The third-order valence-electron chi connectivity index (χ3n) is 7.45. The van der Waals surface area contributed by atoms with E-state index in [1.807, 2.05) is 13.0 Å². The summed E-state index contributed by atoms with van der Waals surface area (Å²) in [6, 6.07) is 23.9. The maximum atomic E-state index is 13.7. The van der Waals surface area contributed by atoms with Gasteiger partial charge >= 0.3 is 0 Å². The van der Waals surface area contributed by atoms with Crippen LogP contribution in [-0.2, 0) is 16.6 Å². The molecule has 7 heteroatoms. The fourth-order valence-electron chi connectivity index (χ4n) is 5.24. The minimum atomic E-state index is -3.96. The smallest absolute Gasteiger partial charge is 0.268 e. The SMILES string of the molecule is Cc1cc2c(cc1N)cc(C(=O)CCC1CCN(Cc3ccccc3)CC1)n2S(=O)(=O)c1ccccc1. The van der Waals surface area contributed by atoms with Crippen molar-refractivity contribution < 1.29 is 13.2 Å². The summed E-state index contributed by atoms with van der Waals surface area (Å²) < 4.78 is 28.6. The van der Waals surface area contributed by atoms with Crippen LogP contribution in [0.2, 0.25) is 0 Å². The largest absolute Gasteiger partial charge is 0.398 e. The minimum Gasteiger partial charge on any atom is -0.398 e. The highest BCUT2D eigenvalue weighted by molar-refractivity contribution is 7.90. The molecule has 2 N–H and O–H groups in total. The number of nitrogen functional groups attached to an aromatic ring is 1. The summed E-state index contributed by atoms with van der Waals surface area (Å²) in [5.74, 6) is 0.302. The highest BCUT2D eigenvalue weighted by atomic mass is 32.2. The number of ketones is 1. The monoisotopic (exact) mass is 515 g/mol. The highest BCUT2D eigenvalue weighted by Gasteiger charge is 2.27. The lowest BCUT2D eigenvalue weighted by atomic mass is 9.91. The molecule has 5 rings (SSSR count). The summed E-state index contributed by atoms with van der Waals surface area (Å²) >= 11 is 0. The van der Waals surface area contributed by atoms with Crippen molar-refractivity contribution in [2.24, 2.45) is 5.92 Å². The first-order chi connectivity index (χ1) is 17.8. The molecule has 37 heavy (non-hydrogen) atoms. The van der Waals surface area contributed by atoms with Crippen LogP contribution in [0.1, 0.15) is 47.3 Å². The predicted molar refractivity (Wildman–Crippen MR) is 148 cm³/mol. The third kappa shape index (κ3) is 5.33. The van der Waals surface area contributed by atoms with Gasteiger partial charge in [0.1, 0.15) is 5.69 Å². The number of nitrogens with two attached hydrogens (primary N) is 1. The molecule has 0 radical (unpaired) electrons. The number of aryl methyl sites for hydroxylation is 1. The van der Waals surface area contributed by atoms with Crippen molar-refractivity contribution in [2.45, 2.75) is 44.0 Å². The maximum absolute atomic E-state index is 13.7. The van der Waals surface area contributed by atoms with Gasteiger partial charge in [-0.1, -0.05) is 48.5 Å². The lowest BCUT2D eigenvalue weighted by Gasteiger charge is -2.32. The highest BCUT2D eigenvalue weighted by Crippen LogP contribution is 2.31. The Morgan fingerprint density at radius 1 is 0.946 bits per heavy atom. The standard InChI is InChI=1S/C30H33N3O3S/c1-22-18-28-25(19-27(22)31)20-29(33(28)37(35,36)26-10-6-3-7-11-26)30(34)13-12-23-14-16-32(17-15-23)21-24-8-4-2-5-9-24/h2-11,18-20,23H,12-17,21,31H2,1H3. The predicted octanol–water partition coefficient (Wildman–Crippen LogP) is 5.64. The molecule has 2 heterocycles. The quantitative estimate of drug-likeness (QED) is 0.242. The molecule has 1 saturated heterocycles. The van der Waals surface area contributed by atoms with Crippen molar-refractivity contribution in [2.75, 3.05) is 18.8 Å². The molecule has 1 aliphatic heterocycles. The van der Waals surface area contributed by atoms with Crippen molar-refractivity contribution in [3.8, 4) is 0 Å². The van der Waals surface area contributed by atoms with Gasteiger partial charge in [0.2, 0.25) is 0 Å². The van der Waals surface area contributed by atoms with E-state index in [-0.39, 0.29) is 16.4 Å². The zero-order chi connectivity index (χ0) is 26.0. The first-order valence-corrected chi connectivity index (χ1v) is 14.3. The van der Waals surface area contributed by atoms with Crippen LogP contribution in [0.25, 0.3) is 10.9 Å². The Morgan fingerprint density at radius 3 is 2.27 bits per heavy atom. The molecule has 1 fully saturated rings. The number of carbonyl (C=O) groups is 1. The van der Waals surface area contributed by atoms with Crippen LogP contribution in [0.4, 0.5) is 5.69 Å². The van der Waals surface area contributed by atoms with Crippen molar-refractivity contribution in [1.29, 1.82) is 0 Å². The molecule has 0 saturated carbocycles. The van der Waals surface area contributed by atoms with Gasteiger partial charge in [-0.05, 0) is 86.7 Å². The molecule has 6 nitrogen and oxygen atoms in total. The molecule has 0 aliphatic carbocycles. The number of benzene rings is 3. The van der Waals surface area contributed by atoms with Gasteiger partial charge in [-0.25, -0.2) is 12.4 Å². The lowest BCUT2D eigenvalue weighted by Crippen LogP contribution is -2.33. The Kier molecular flexibility index (Phi) is 7.17. The van der Waals surface area contributed by atoms with Gasteiger partial charge in [0.05, 0.1) is 10.4 Å². The molecule has 0 spiro atoms. The summed E-state index contributed by atoms with van der Waals surface area (Å²) in [5, 5.41) is 0.653. The summed E-state index contributed by atoms with van der Waals surface area (Å²) in [6.07, 6.45) is 3.16. The number of hydrogen-bond acceptors (Lipinski definition) is 5. The fourth-order valence-corrected chi connectivity index (χ4v) is 6.79. The van der Waals surface area contributed by atoms with E-state index in [2.05, 4.69) is 29.2 Å². The summed E-state index contributed by atoms with van der Waals surface area (Å²) in [7, 11) is -3.96. The van der Waals surface area contributed by atoms with E-state index in [9.17, 15) is 13.2 Å². The number of likely N-dealkylation sites (tertiary alicyclic amines) is 1. The fraction of sp³-hybridized carbons (Fsp3) is 0.300. The molecule has 4 aromatic rings. The van der Waals surface area contributed by atoms with Crippen LogP contribution in [0.5, 0.6) is 0 Å². The van der Waals surface area contributed by atoms with Gasteiger partial charge in [-0.3, -0.25) is 9.69 Å². The normalized spacial score (nSPS) is 15.3. The minimum absolute atomic E-state index is 0.154. The topological polar surface area (TPSA) is 85.4 Å². The molecule has 0 bridgehead atoms. The van der Waals surface area contributed by atoms with E-state index in [4.69, 9.17) is 5.73 Å². The number of hydrogen-bond donors (Lipinski definition) is 1. The number of carbonyl (C=O) groups excluding carboxylic acids is 1. The number of fused-ring (bicyclic) bond motifs is 1. The number of Topliss-reactive ketones (excluding diaryl/α,β-unsaturated/α-hetero) is 1. The van der Waals surface area contributed by atoms with Crippen LogP contribution in [0.15, 0.2) is 83.8 Å². The molecule has 1 aromatic heterocycles. The Balaban J connectivity index is 1.34. The van der Waals surface area contributed by atoms with Gasteiger partial charge in [-0.15, -0.1) is 0 Å². The molecule has 192 valence electrons. The van der Waals surface area contributed by atoms with Crippen molar-refractivity contribution >= 4 is 32.4 Å². The van der Waals surface area contributed by atoms with Gasteiger partial charge in [0.15, 0.2) is 5.78 Å². The van der Waals surface area contributed by atoms with Gasteiger partial charge in [0, 0.05) is 24.0 Å². The van der Waals surface area contributed by atoms with E-state index in [1.54, 1.807) is 48.5 Å². The van der Waals surface area contributed by atoms with Gasteiger partial charge < -0.3 is 5.73 Å². The number of nitrogens with zero attached hydrogens (tertiary/aromatic N) is 2. The van der Waals surface area contributed by atoms with E-state index in [1.165, 1.54) is 9.54 Å². The zero-order valence-corrected chi connectivity index (χ0v) is 22.0. The van der Waals surface area contributed by atoms with Crippen molar-refractivity contribution in [3.05, 3.63) is 95.7 Å². The summed E-state index contributed by atoms with van der Waals surface area (Å²) in [4.78, 5) is 16.1. The molecule has 3 aromatic carbocycles. The van der Waals surface area contributed by atoms with Crippen LogP contribution in [-0.4, -0.2) is 36.2 Å². The van der Waals surface area contributed by atoms with Crippen LogP contribution in [0.3, 0.4) is 0 Å². The Morgan fingerprint density at radius 2 is 1.59 bits per heavy atom. The number of rotatable bonds is 8. The Labute approximate surface area is 218 Å². The van der Waals surface area contributed by atoms with Crippen LogP contribution in [0, 0.1) is 12.8 Å². The second-order valence-corrected chi connectivity index (χ2v) is 11.8.